The van der Waals surface area contributed by atoms with Crippen molar-refractivity contribution < 1.29 is 19.4 Å². The molecular weight excluding hydrogens is 413 g/mol. The smallest absolute Gasteiger partial charge is 0.311 e. The number of hydrogen-bond acceptors (Lipinski definition) is 3. The molecule has 1 heterocycles. The molecule has 0 spiro atoms. The van der Waals surface area contributed by atoms with Crippen LogP contribution in [0.4, 0.5) is 0 Å². The zero-order valence-corrected chi connectivity index (χ0v) is 18.0. The van der Waals surface area contributed by atoms with Crippen molar-refractivity contribution in [3.8, 4) is 5.75 Å². The van der Waals surface area contributed by atoms with E-state index in [4.69, 9.17) is 27.9 Å². The molecule has 29 heavy (non-hydrogen) atoms. The lowest BCUT2D eigenvalue weighted by molar-refractivity contribution is -0.139. The minimum absolute atomic E-state index is 0.210. The van der Waals surface area contributed by atoms with Crippen LogP contribution < -0.4 is 4.74 Å². The van der Waals surface area contributed by atoms with Gasteiger partial charge in [0.2, 0.25) is 0 Å². The van der Waals surface area contributed by atoms with Crippen molar-refractivity contribution >= 4 is 46.0 Å². The highest BCUT2D eigenvalue weighted by atomic mass is 35.5. The van der Waals surface area contributed by atoms with Gasteiger partial charge < -0.3 is 9.84 Å². The Balaban J connectivity index is 2.39. The first kappa shape index (κ1) is 21.2. The topological polar surface area (TPSA) is 68.5 Å². The molecule has 0 radical (unpaired) electrons. The van der Waals surface area contributed by atoms with E-state index < -0.39 is 11.9 Å². The fourth-order valence-corrected chi connectivity index (χ4v) is 4.20. The molecule has 0 aliphatic heterocycles. The molecule has 152 valence electrons. The number of carboxylic acid groups (broad SMARTS) is 1. The predicted octanol–water partition coefficient (Wildman–Crippen LogP) is 5.78. The summed E-state index contributed by atoms with van der Waals surface area (Å²) in [6.45, 7) is 5.40. The summed E-state index contributed by atoms with van der Waals surface area (Å²) >= 11 is 12.5. The lowest BCUT2D eigenvalue weighted by Gasteiger charge is -2.18. The van der Waals surface area contributed by atoms with E-state index in [2.05, 4.69) is 0 Å². The van der Waals surface area contributed by atoms with E-state index in [1.54, 1.807) is 43.3 Å². The number of carbonyl (C=O) groups excluding carboxylic acids is 1. The molecule has 0 bridgehead atoms. The fraction of sp³-hybridized carbons (Fsp3) is 0.273. The number of aromatic nitrogens is 1. The van der Waals surface area contributed by atoms with Gasteiger partial charge in [-0.05, 0) is 54.8 Å². The van der Waals surface area contributed by atoms with Gasteiger partial charge in [-0.3, -0.25) is 14.2 Å². The second-order valence-corrected chi connectivity index (χ2v) is 8.00. The fourth-order valence-electron chi connectivity index (χ4n) is 3.73. The van der Waals surface area contributed by atoms with Crippen molar-refractivity contribution in [3.63, 3.8) is 0 Å². The molecule has 0 saturated heterocycles. The van der Waals surface area contributed by atoms with Gasteiger partial charge in [0.05, 0.1) is 23.6 Å². The molecule has 0 aliphatic rings. The Kier molecular flexibility index (Phi) is 5.92. The minimum Gasteiger partial charge on any atom is -0.495 e. The van der Waals surface area contributed by atoms with E-state index in [1.807, 2.05) is 13.8 Å². The van der Waals surface area contributed by atoms with Gasteiger partial charge in [0, 0.05) is 21.7 Å². The maximum absolute atomic E-state index is 13.3. The van der Waals surface area contributed by atoms with E-state index >= 15 is 0 Å². The zero-order valence-electron chi connectivity index (χ0n) is 16.5. The number of nitrogens with zero attached hydrogens (tertiary/aromatic N) is 1. The summed E-state index contributed by atoms with van der Waals surface area (Å²) in [5.41, 5.74) is 2.03. The number of carboxylic acids is 1. The Bertz CT molecular complexity index is 1100. The summed E-state index contributed by atoms with van der Waals surface area (Å²) in [5.74, 6) is -1.88. The number of hydrogen-bond donors (Lipinski definition) is 1. The third-order valence-corrected chi connectivity index (χ3v) is 5.71. The molecular formula is C22H21Cl2NO4. The highest BCUT2D eigenvalue weighted by Crippen LogP contribution is 2.43. The lowest BCUT2D eigenvalue weighted by Crippen LogP contribution is -2.19. The van der Waals surface area contributed by atoms with Gasteiger partial charge in [-0.1, -0.05) is 37.0 Å². The number of halogens is 2. The second kappa shape index (κ2) is 8.09. The zero-order chi connectivity index (χ0) is 21.5. The van der Waals surface area contributed by atoms with E-state index in [0.29, 0.717) is 38.5 Å². The lowest BCUT2D eigenvalue weighted by atomic mass is 9.86. The number of aliphatic carboxylic acids is 1. The van der Waals surface area contributed by atoms with Crippen LogP contribution in [-0.2, 0) is 4.79 Å². The molecule has 3 aromatic rings. The highest BCUT2D eigenvalue weighted by molar-refractivity contribution is 6.37. The van der Waals surface area contributed by atoms with Crippen LogP contribution in [0.25, 0.3) is 10.9 Å². The summed E-state index contributed by atoms with van der Waals surface area (Å²) in [6.07, 6.45) is 0. The minimum atomic E-state index is -0.972. The van der Waals surface area contributed by atoms with Crippen molar-refractivity contribution in [2.75, 3.05) is 7.11 Å². The second-order valence-electron chi connectivity index (χ2n) is 7.18. The van der Waals surface area contributed by atoms with E-state index in [0.717, 1.165) is 0 Å². The predicted molar refractivity (Wildman–Crippen MR) is 115 cm³/mol. The molecule has 3 rings (SSSR count). The van der Waals surface area contributed by atoms with Crippen molar-refractivity contribution in [2.24, 2.45) is 5.92 Å². The van der Waals surface area contributed by atoms with Crippen LogP contribution in [0.3, 0.4) is 0 Å². The largest absolute Gasteiger partial charge is 0.495 e. The molecule has 7 heteroatoms. The van der Waals surface area contributed by atoms with E-state index in [-0.39, 0.29) is 16.8 Å². The van der Waals surface area contributed by atoms with E-state index in [9.17, 15) is 14.7 Å². The third kappa shape index (κ3) is 3.61. The standard InChI is InChI=1S/C22H21Cl2NO4/c1-11(2)17(22(27)28)18-12(3)25(21(26)13-5-7-14(23)8-6-13)15-9-10-16(29-4)20(24)19(15)18/h5-11,17H,1-4H3,(H,27,28). The van der Waals surface area contributed by atoms with Crippen LogP contribution in [0.2, 0.25) is 10.0 Å². The van der Waals surface area contributed by atoms with Gasteiger partial charge in [0.1, 0.15) is 5.75 Å². The quantitative estimate of drug-likeness (QED) is 0.553. The van der Waals surface area contributed by atoms with Gasteiger partial charge in [0.15, 0.2) is 0 Å². The summed E-state index contributed by atoms with van der Waals surface area (Å²) in [6, 6.07) is 9.95. The van der Waals surface area contributed by atoms with Crippen molar-refractivity contribution in [1.29, 1.82) is 0 Å². The Hall–Kier alpha value is -2.50. The van der Waals surface area contributed by atoms with E-state index in [1.165, 1.54) is 11.7 Å². The number of benzene rings is 2. The molecule has 0 aliphatic carbocycles. The normalized spacial score (nSPS) is 12.4. The molecule has 2 aromatic carbocycles. The Morgan fingerprint density at radius 3 is 2.21 bits per heavy atom. The van der Waals surface area contributed by atoms with Crippen LogP contribution in [0.15, 0.2) is 36.4 Å². The first-order valence-electron chi connectivity index (χ1n) is 9.09. The molecule has 1 atom stereocenters. The number of fused-ring (bicyclic) bond motifs is 1. The van der Waals surface area contributed by atoms with Crippen LogP contribution in [0, 0.1) is 12.8 Å². The number of rotatable bonds is 5. The van der Waals surface area contributed by atoms with Crippen molar-refractivity contribution in [2.45, 2.75) is 26.7 Å². The van der Waals surface area contributed by atoms with Gasteiger partial charge in [-0.2, -0.15) is 0 Å². The Morgan fingerprint density at radius 1 is 1.07 bits per heavy atom. The number of ether oxygens (including phenoxy) is 1. The average molecular weight is 434 g/mol. The monoisotopic (exact) mass is 433 g/mol. The van der Waals surface area contributed by atoms with Crippen LogP contribution in [0.1, 0.15) is 41.4 Å². The SMILES string of the molecule is COc1ccc2c(c1Cl)c(C(C(=O)O)C(C)C)c(C)n2C(=O)c1ccc(Cl)cc1. The highest BCUT2D eigenvalue weighted by Gasteiger charge is 2.33. The number of carbonyl (C=O) groups is 2. The first-order valence-corrected chi connectivity index (χ1v) is 9.85. The van der Waals surface area contributed by atoms with Crippen molar-refractivity contribution in [1.82, 2.24) is 4.57 Å². The van der Waals surface area contributed by atoms with Gasteiger partial charge >= 0.3 is 5.97 Å². The Labute approximate surface area is 178 Å². The summed E-state index contributed by atoms with van der Waals surface area (Å²) in [7, 11) is 1.49. The van der Waals surface area contributed by atoms with Gasteiger partial charge in [-0.25, -0.2) is 0 Å². The summed E-state index contributed by atoms with van der Waals surface area (Å²) in [4.78, 5) is 25.4. The van der Waals surface area contributed by atoms with Crippen molar-refractivity contribution in [3.05, 3.63) is 63.3 Å². The molecule has 0 saturated carbocycles. The molecule has 1 unspecified atom stereocenters. The number of methoxy groups -OCH3 is 1. The van der Waals surface area contributed by atoms with Crippen LogP contribution in [-0.4, -0.2) is 28.7 Å². The van der Waals surface area contributed by atoms with Gasteiger partial charge in [0.25, 0.3) is 5.91 Å². The van der Waals surface area contributed by atoms with Crippen LogP contribution >= 0.6 is 23.2 Å². The third-order valence-electron chi connectivity index (χ3n) is 5.08. The first-order chi connectivity index (χ1) is 13.7. The molecule has 1 N–H and O–H groups in total. The molecule has 0 fully saturated rings. The van der Waals surface area contributed by atoms with Crippen LogP contribution in [0.5, 0.6) is 5.75 Å². The van der Waals surface area contributed by atoms with Gasteiger partial charge in [-0.15, -0.1) is 0 Å². The maximum atomic E-state index is 13.3. The molecule has 5 nitrogen and oxygen atoms in total. The Morgan fingerprint density at radius 2 is 1.69 bits per heavy atom. The maximum Gasteiger partial charge on any atom is 0.311 e. The summed E-state index contributed by atoms with van der Waals surface area (Å²) in [5, 5.41) is 11.2. The average Bonchev–Trinajstić information content (AvgIpc) is 2.94. The summed E-state index contributed by atoms with van der Waals surface area (Å²) < 4.78 is 6.84. The molecule has 0 amide bonds. The molecule has 1 aromatic heterocycles.